The molecule has 0 spiro atoms. The van der Waals surface area contributed by atoms with Crippen LogP contribution >= 0.6 is 0 Å². The summed E-state index contributed by atoms with van der Waals surface area (Å²) in [5, 5.41) is 0. The van der Waals surface area contributed by atoms with Crippen LogP contribution in [0.4, 0.5) is 4.39 Å². The summed E-state index contributed by atoms with van der Waals surface area (Å²) in [6.45, 7) is 2.44. The van der Waals surface area contributed by atoms with Gasteiger partial charge < -0.3 is 10.5 Å². The minimum absolute atomic E-state index is 0.217. The Morgan fingerprint density at radius 2 is 2.40 bits per heavy atom. The number of nitrogens with two attached hydrogens (primary N) is 1. The standard InChI is InChI=1S/C11H13FN2O/c1-11(7-14-10(13)15-11)6-8-3-2-4-9(12)5-8/h2-5H,6-7H2,1H3,(H2,13,14). The SMILES string of the molecule is CC1(Cc2cccc(F)c2)CN=C(N)O1. The summed E-state index contributed by atoms with van der Waals surface area (Å²) in [4.78, 5) is 3.99. The number of benzene rings is 1. The lowest BCUT2D eigenvalue weighted by Crippen LogP contribution is -2.33. The predicted molar refractivity (Wildman–Crippen MR) is 56.1 cm³/mol. The first-order chi connectivity index (χ1) is 7.07. The molecular weight excluding hydrogens is 195 g/mol. The maximum absolute atomic E-state index is 12.9. The fourth-order valence-corrected chi connectivity index (χ4v) is 1.73. The van der Waals surface area contributed by atoms with Crippen LogP contribution in [0.25, 0.3) is 0 Å². The number of halogens is 1. The zero-order valence-corrected chi connectivity index (χ0v) is 8.53. The average Bonchev–Trinajstić information content (AvgIpc) is 2.45. The van der Waals surface area contributed by atoms with Crippen molar-refractivity contribution in [1.82, 2.24) is 0 Å². The Bertz CT molecular complexity index is 405. The average molecular weight is 208 g/mol. The van der Waals surface area contributed by atoms with Gasteiger partial charge in [0.05, 0.1) is 6.54 Å². The quantitative estimate of drug-likeness (QED) is 0.800. The molecule has 15 heavy (non-hydrogen) atoms. The molecule has 1 aliphatic rings. The molecule has 0 bridgehead atoms. The van der Waals surface area contributed by atoms with Crippen molar-refractivity contribution in [2.75, 3.05) is 6.54 Å². The van der Waals surface area contributed by atoms with Gasteiger partial charge >= 0.3 is 0 Å². The van der Waals surface area contributed by atoms with Gasteiger partial charge in [-0.25, -0.2) is 9.38 Å². The molecule has 0 amide bonds. The third-order valence-corrected chi connectivity index (χ3v) is 2.39. The highest BCUT2D eigenvalue weighted by Crippen LogP contribution is 2.22. The Labute approximate surface area is 87.8 Å². The highest BCUT2D eigenvalue weighted by Gasteiger charge is 2.32. The first-order valence-corrected chi connectivity index (χ1v) is 4.81. The van der Waals surface area contributed by atoms with E-state index in [9.17, 15) is 4.39 Å². The lowest BCUT2D eigenvalue weighted by atomic mass is 9.97. The van der Waals surface area contributed by atoms with Crippen LogP contribution in [0.1, 0.15) is 12.5 Å². The molecule has 1 atom stereocenters. The van der Waals surface area contributed by atoms with Crippen LogP contribution in [-0.4, -0.2) is 18.2 Å². The molecule has 4 heteroatoms. The molecule has 0 radical (unpaired) electrons. The first-order valence-electron chi connectivity index (χ1n) is 4.81. The van der Waals surface area contributed by atoms with Gasteiger partial charge in [-0.05, 0) is 24.6 Å². The molecule has 0 fully saturated rings. The summed E-state index contributed by atoms with van der Waals surface area (Å²) >= 11 is 0. The second kappa shape index (κ2) is 3.53. The highest BCUT2D eigenvalue weighted by atomic mass is 19.1. The smallest absolute Gasteiger partial charge is 0.282 e. The second-order valence-electron chi connectivity index (χ2n) is 4.01. The minimum atomic E-state index is -0.433. The van der Waals surface area contributed by atoms with Gasteiger partial charge in [-0.3, -0.25) is 0 Å². The Balaban J connectivity index is 2.09. The van der Waals surface area contributed by atoms with E-state index in [0.29, 0.717) is 13.0 Å². The van der Waals surface area contributed by atoms with E-state index in [-0.39, 0.29) is 11.8 Å². The van der Waals surface area contributed by atoms with Crippen LogP contribution in [0, 0.1) is 5.82 Å². The van der Waals surface area contributed by atoms with Gasteiger partial charge in [0.2, 0.25) is 0 Å². The molecule has 80 valence electrons. The van der Waals surface area contributed by atoms with E-state index in [0.717, 1.165) is 5.56 Å². The lowest BCUT2D eigenvalue weighted by Gasteiger charge is -2.22. The van der Waals surface area contributed by atoms with Crippen molar-refractivity contribution in [2.45, 2.75) is 18.9 Å². The number of rotatable bonds is 2. The second-order valence-corrected chi connectivity index (χ2v) is 4.01. The third-order valence-electron chi connectivity index (χ3n) is 2.39. The predicted octanol–water partition coefficient (Wildman–Crippen LogP) is 1.47. The molecule has 0 saturated carbocycles. The van der Waals surface area contributed by atoms with Gasteiger partial charge in [-0.2, -0.15) is 0 Å². The molecule has 1 aromatic carbocycles. The van der Waals surface area contributed by atoms with Crippen LogP contribution < -0.4 is 5.73 Å². The summed E-state index contributed by atoms with van der Waals surface area (Å²) < 4.78 is 18.3. The normalized spacial score (nSPS) is 24.8. The van der Waals surface area contributed by atoms with Crippen LogP contribution in [0.5, 0.6) is 0 Å². The first kappa shape index (κ1) is 9.96. The van der Waals surface area contributed by atoms with E-state index in [1.807, 2.05) is 13.0 Å². The topological polar surface area (TPSA) is 47.6 Å². The monoisotopic (exact) mass is 208 g/mol. The molecule has 2 N–H and O–H groups in total. The Kier molecular flexibility index (Phi) is 2.34. The summed E-state index contributed by atoms with van der Waals surface area (Å²) in [6.07, 6.45) is 0.606. The number of ether oxygens (including phenoxy) is 1. The van der Waals surface area contributed by atoms with E-state index >= 15 is 0 Å². The Hall–Kier alpha value is -1.58. The fraction of sp³-hybridized carbons (Fsp3) is 0.364. The van der Waals surface area contributed by atoms with Gasteiger partial charge in [-0.15, -0.1) is 0 Å². The Morgan fingerprint density at radius 1 is 1.60 bits per heavy atom. The van der Waals surface area contributed by atoms with Crippen molar-refractivity contribution in [1.29, 1.82) is 0 Å². The fourth-order valence-electron chi connectivity index (χ4n) is 1.73. The third kappa shape index (κ3) is 2.26. The highest BCUT2D eigenvalue weighted by molar-refractivity contribution is 5.73. The van der Waals surface area contributed by atoms with Crippen LogP contribution in [-0.2, 0) is 11.2 Å². The largest absolute Gasteiger partial charge is 0.457 e. The molecule has 0 saturated heterocycles. The lowest BCUT2D eigenvalue weighted by molar-refractivity contribution is 0.107. The maximum Gasteiger partial charge on any atom is 0.282 e. The maximum atomic E-state index is 12.9. The van der Waals surface area contributed by atoms with Crippen LogP contribution in [0.2, 0.25) is 0 Å². The van der Waals surface area contributed by atoms with Crippen molar-refractivity contribution in [2.24, 2.45) is 10.7 Å². The molecule has 1 unspecified atom stereocenters. The number of amidine groups is 1. The molecular formula is C11H13FN2O. The van der Waals surface area contributed by atoms with Crippen LogP contribution in [0.3, 0.4) is 0 Å². The van der Waals surface area contributed by atoms with Crippen molar-refractivity contribution in [3.63, 3.8) is 0 Å². The number of hydrogen-bond donors (Lipinski definition) is 1. The van der Waals surface area contributed by atoms with E-state index in [2.05, 4.69) is 4.99 Å². The zero-order valence-electron chi connectivity index (χ0n) is 8.53. The number of nitrogens with zero attached hydrogens (tertiary/aromatic N) is 1. The van der Waals surface area contributed by atoms with E-state index in [1.54, 1.807) is 6.07 Å². The summed E-state index contributed by atoms with van der Waals surface area (Å²) in [5.74, 6) is -0.233. The van der Waals surface area contributed by atoms with E-state index in [4.69, 9.17) is 10.5 Å². The van der Waals surface area contributed by atoms with Gasteiger partial charge in [0.15, 0.2) is 0 Å². The van der Waals surface area contributed by atoms with Crippen molar-refractivity contribution >= 4 is 6.02 Å². The molecule has 0 aromatic heterocycles. The van der Waals surface area contributed by atoms with Crippen molar-refractivity contribution in [3.8, 4) is 0 Å². The van der Waals surface area contributed by atoms with Crippen LogP contribution in [0.15, 0.2) is 29.3 Å². The van der Waals surface area contributed by atoms with Gasteiger partial charge in [0.1, 0.15) is 11.4 Å². The summed E-state index contributed by atoms with van der Waals surface area (Å²) in [6, 6.07) is 6.70. The van der Waals surface area contributed by atoms with E-state index in [1.165, 1.54) is 12.1 Å². The number of hydrogen-bond acceptors (Lipinski definition) is 3. The molecule has 3 nitrogen and oxygen atoms in total. The van der Waals surface area contributed by atoms with Crippen molar-refractivity contribution in [3.05, 3.63) is 35.6 Å². The summed E-state index contributed by atoms with van der Waals surface area (Å²) in [5.41, 5.74) is 5.91. The van der Waals surface area contributed by atoms with E-state index < -0.39 is 5.60 Å². The minimum Gasteiger partial charge on any atom is -0.457 e. The molecule has 0 aliphatic carbocycles. The van der Waals surface area contributed by atoms with Gasteiger partial charge in [0.25, 0.3) is 6.02 Å². The molecule has 1 heterocycles. The molecule has 2 rings (SSSR count). The van der Waals surface area contributed by atoms with Gasteiger partial charge in [-0.1, -0.05) is 12.1 Å². The molecule has 1 aromatic rings. The molecule has 1 aliphatic heterocycles. The zero-order chi connectivity index (χ0) is 10.9. The van der Waals surface area contributed by atoms with Crippen molar-refractivity contribution < 1.29 is 9.13 Å². The number of aliphatic imine (C=N–C) groups is 1. The van der Waals surface area contributed by atoms with Gasteiger partial charge in [0, 0.05) is 6.42 Å². The summed E-state index contributed by atoms with van der Waals surface area (Å²) in [7, 11) is 0. The Morgan fingerprint density at radius 3 is 3.00 bits per heavy atom.